The van der Waals surface area contributed by atoms with E-state index in [9.17, 15) is 13.2 Å². The number of hydrogen-bond acceptors (Lipinski definition) is 8. The lowest BCUT2D eigenvalue weighted by Gasteiger charge is -2.35. The molecule has 196 valence electrons. The van der Waals surface area contributed by atoms with Crippen LogP contribution in [0.2, 0.25) is 0 Å². The van der Waals surface area contributed by atoms with Gasteiger partial charge in [0.15, 0.2) is 5.03 Å². The molecule has 1 fully saturated rings. The molecule has 0 saturated carbocycles. The normalized spacial score (nSPS) is 18.0. The first-order valence-electron chi connectivity index (χ1n) is 12.1. The number of carbonyl (C=O) groups excluding carboxylic acids is 1. The highest BCUT2D eigenvalue weighted by atomic mass is 32.2. The van der Waals surface area contributed by atoms with E-state index in [2.05, 4.69) is 35.4 Å². The number of carbonyl (C=O) groups is 1. The van der Waals surface area contributed by atoms with Crippen molar-refractivity contribution >= 4 is 33.6 Å². The van der Waals surface area contributed by atoms with Crippen molar-refractivity contribution in [3.63, 3.8) is 0 Å². The Bertz CT molecular complexity index is 1270. The Kier molecular flexibility index (Phi) is 7.69. The van der Waals surface area contributed by atoms with E-state index >= 15 is 0 Å². The summed E-state index contributed by atoms with van der Waals surface area (Å²) in [6.07, 6.45) is 4.23. The zero-order chi connectivity index (χ0) is 26.9. The Morgan fingerprint density at radius 3 is 2.56 bits per heavy atom. The molecular weight excluding hydrogens is 478 g/mol. The molecule has 36 heavy (non-hydrogen) atoms. The van der Waals surface area contributed by atoms with Gasteiger partial charge >= 0.3 is 0 Å². The van der Waals surface area contributed by atoms with Crippen molar-refractivity contribution in [3.05, 3.63) is 47.3 Å². The maximum absolute atomic E-state index is 13.6. The molecule has 0 aliphatic carbocycles. The summed E-state index contributed by atoms with van der Waals surface area (Å²) < 4.78 is 33.5. The summed E-state index contributed by atoms with van der Waals surface area (Å²) in [7, 11) is -4.26. The summed E-state index contributed by atoms with van der Waals surface area (Å²) in [4.78, 5) is 24.5. The Morgan fingerprint density at radius 2 is 2.00 bits per heavy atom. The van der Waals surface area contributed by atoms with Crippen molar-refractivity contribution in [3.8, 4) is 0 Å². The number of hydrogen-bond donors (Lipinski definition) is 2. The molecule has 3 N–H and O–H groups in total. The predicted octanol–water partition coefficient (Wildman–Crippen LogP) is 4.11. The van der Waals surface area contributed by atoms with E-state index in [1.165, 1.54) is 18.2 Å². The van der Waals surface area contributed by atoms with Gasteiger partial charge in [-0.25, -0.2) is 14.7 Å². The molecule has 3 heterocycles. The number of amides is 1. The van der Waals surface area contributed by atoms with Gasteiger partial charge in [-0.2, -0.15) is 8.42 Å². The molecule has 0 bridgehead atoms. The molecule has 1 aliphatic rings. The standard InChI is InChI=1S/C26H37N5O4S/c1-8-35-13-12-18-14-19(24(32)30-36(33,34)21-11-9-10-20(27)28-21)23(29-22(18)25(3,4)5)31-16-17(2)15-26(31,6)7/h9-14,17H,8,15-16H2,1-7H3,(H2,27,28)(H,30,32)/t17-/m0/s1. The minimum absolute atomic E-state index is 0.0401. The van der Waals surface area contributed by atoms with E-state index in [1.54, 1.807) is 18.4 Å². The van der Waals surface area contributed by atoms with Gasteiger partial charge < -0.3 is 15.4 Å². The summed E-state index contributed by atoms with van der Waals surface area (Å²) >= 11 is 0. The number of pyridine rings is 2. The van der Waals surface area contributed by atoms with Crippen LogP contribution in [-0.2, 0) is 20.2 Å². The van der Waals surface area contributed by atoms with Crippen LogP contribution in [0.4, 0.5) is 11.6 Å². The van der Waals surface area contributed by atoms with E-state index in [1.807, 2.05) is 27.7 Å². The first kappa shape index (κ1) is 27.4. The molecule has 2 aromatic heterocycles. The SMILES string of the molecule is CCOC=Cc1cc(C(=O)NS(=O)(=O)c2cccc(N)n2)c(N2C[C@@H](C)CC2(C)C)nc1C(C)(C)C. The molecule has 3 rings (SSSR count). The van der Waals surface area contributed by atoms with Crippen LogP contribution in [-0.4, -0.2) is 43.0 Å². The number of sulfonamides is 1. The second-order valence-corrected chi connectivity index (χ2v) is 12.5. The van der Waals surface area contributed by atoms with E-state index in [0.29, 0.717) is 30.5 Å². The van der Waals surface area contributed by atoms with Crippen LogP contribution in [0.15, 0.2) is 35.6 Å². The second kappa shape index (κ2) is 10.1. The first-order chi connectivity index (χ1) is 16.7. The summed E-state index contributed by atoms with van der Waals surface area (Å²) in [5.41, 5.74) is 6.66. The molecule has 2 aromatic rings. The van der Waals surface area contributed by atoms with Crippen molar-refractivity contribution < 1.29 is 17.9 Å². The van der Waals surface area contributed by atoms with E-state index in [-0.39, 0.29) is 27.4 Å². The number of nitrogens with two attached hydrogens (primary N) is 1. The molecule has 10 heteroatoms. The number of nitrogens with zero attached hydrogens (tertiary/aromatic N) is 3. The molecule has 1 aliphatic heterocycles. The van der Waals surface area contributed by atoms with Crippen molar-refractivity contribution in [2.75, 3.05) is 23.8 Å². The quantitative estimate of drug-likeness (QED) is 0.528. The highest BCUT2D eigenvalue weighted by Gasteiger charge is 2.40. The lowest BCUT2D eigenvalue weighted by atomic mass is 9.87. The number of nitrogen functional groups attached to an aromatic ring is 1. The average molecular weight is 516 g/mol. The Balaban J connectivity index is 2.18. The van der Waals surface area contributed by atoms with E-state index < -0.39 is 15.9 Å². The number of anilines is 2. The third-order valence-electron chi connectivity index (χ3n) is 6.07. The van der Waals surface area contributed by atoms with E-state index in [4.69, 9.17) is 15.5 Å². The minimum Gasteiger partial charge on any atom is -0.501 e. The molecule has 1 saturated heterocycles. The number of nitrogens with one attached hydrogen (secondary N) is 1. The molecule has 1 amide bonds. The maximum Gasteiger partial charge on any atom is 0.281 e. The Labute approximate surface area is 214 Å². The maximum atomic E-state index is 13.6. The molecule has 0 unspecified atom stereocenters. The smallest absolute Gasteiger partial charge is 0.281 e. The highest BCUT2D eigenvalue weighted by Crippen LogP contribution is 2.39. The largest absolute Gasteiger partial charge is 0.501 e. The van der Waals surface area contributed by atoms with Gasteiger partial charge in [0.2, 0.25) is 0 Å². The fourth-order valence-corrected chi connectivity index (χ4v) is 5.55. The Morgan fingerprint density at radius 1 is 1.31 bits per heavy atom. The van der Waals surface area contributed by atoms with Gasteiger partial charge in [-0.05, 0) is 57.4 Å². The van der Waals surface area contributed by atoms with Crippen LogP contribution in [0.3, 0.4) is 0 Å². The zero-order valence-electron chi connectivity index (χ0n) is 22.1. The third kappa shape index (κ3) is 5.98. The van der Waals surface area contributed by atoms with Crippen molar-refractivity contribution in [1.82, 2.24) is 14.7 Å². The summed E-state index contributed by atoms with van der Waals surface area (Å²) in [5, 5.41) is -0.330. The van der Waals surface area contributed by atoms with Gasteiger partial charge in [0.25, 0.3) is 15.9 Å². The molecule has 0 spiro atoms. The van der Waals surface area contributed by atoms with Crippen molar-refractivity contribution in [2.45, 2.75) is 70.9 Å². The molecule has 1 atom stereocenters. The van der Waals surface area contributed by atoms with Crippen LogP contribution in [0.5, 0.6) is 0 Å². The average Bonchev–Trinajstić information content (AvgIpc) is 3.04. The van der Waals surface area contributed by atoms with Gasteiger partial charge in [-0.15, -0.1) is 0 Å². The lowest BCUT2D eigenvalue weighted by Crippen LogP contribution is -2.41. The fourth-order valence-electron chi connectivity index (χ4n) is 4.61. The molecule has 0 aromatic carbocycles. The van der Waals surface area contributed by atoms with E-state index in [0.717, 1.165) is 12.1 Å². The highest BCUT2D eigenvalue weighted by molar-refractivity contribution is 7.90. The third-order valence-corrected chi connectivity index (χ3v) is 7.31. The van der Waals surface area contributed by atoms with Crippen molar-refractivity contribution in [2.24, 2.45) is 5.92 Å². The molecule has 9 nitrogen and oxygen atoms in total. The number of ether oxygens (including phenoxy) is 1. The summed E-state index contributed by atoms with van der Waals surface area (Å²) in [6.45, 7) is 15.6. The predicted molar refractivity (Wildman–Crippen MR) is 142 cm³/mol. The Hall–Kier alpha value is -3.14. The molecule has 0 radical (unpaired) electrons. The van der Waals surface area contributed by atoms with Gasteiger partial charge in [-0.1, -0.05) is 33.8 Å². The lowest BCUT2D eigenvalue weighted by molar-refractivity contribution is 0.0981. The van der Waals surface area contributed by atoms with Gasteiger partial charge in [0.1, 0.15) is 11.6 Å². The fraction of sp³-hybridized carbons (Fsp3) is 0.500. The van der Waals surface area contributed by atoms with Crippen LogP contribution in [0.25, 0.3) is 6.08 Å². The number of aromatic nitrogens is 2. The monoisotopic (exact) mass is 515 g/mol. The van der Waals surface area contributed by atoms with Crippen LogP contribution in [0.1, 0.15) is 76.5 Å². The molecular formula is C26H37N5O4S. The summed E-state index contributed by atoms with van der Waals surface area (Å²) in [6, 6.07) is 5.92. The van der Waals surface area contributed by atoms with Crippen molar-refractivity contribution in [1.29, 1.82) is 0 Å². The van der Waals surface area contributed by atoms with Crippen LogP contribution in [0, 0.1) is 5.92 Å². The minimum atomic E-state index is -4.26. The first-order valence-corrected chi connectivity index (χ1v) is 13.5. The number of rotatable bonds is 7. The second-order valence-electron chi connectivity index (χ2n) is 10.9. The van der Waals surface area contributed by atoms with Gasteiger partial charge in [0.05, 0.1) is 24.1 Å². The van der Waals surface area contributed by atoms with Gasteiger partial charge in [-0.3, -0.25) is 4.79 Å². The zero-order valence-corrected chi connectivity index (χ0v) is 22.9. The topological polar surface area (TPSA) is 128 Å². The summed E-state index contributed by atoms with van der Waals surface area (Å²) in [5.74, 6) is 0.0894. The van der Waals surface area contributed by atoms with Crippen LogP contribution >= 0.6 is 0 Å². The van der Waals surface area contributed by atoms with Gasteiger partial charge in [0, 0.05) is 23.1 Å². The van der Waals surface area contributed by atoms with Crippen LogP contribution < -0.4 is 15.4 Å².